The summed E-state index contributed by atoms with van der Waals surface area (Å²) in [5.74, 6) is 0.673. The largest absolute Gasteiger partial charge is 0.421 e. The average molecular weight is 429 g/mol. The van der Waals surface area contributed by atoms with E-state index < -0.39 is 11.7 Å². The Hall–Kier alpha value is -3.09. The zero-order valence-corrected chi connectivity index (χ0v) is 18.1. The molecule has 1 heterocycles. The maximum atomic E-state index is 13.5. The van der Waals surface area contributed by atoms with Gasteiger partial charge in [0.25, 0.3) is 0 Å². The number of nitrogens with zero attached hydrogens (tertiary/aromatic N) is 2. The summed E-state index contributed by atoms with van der Waals surface area (Å²) in [7, 11) is 0. The Morgan fingerprint density at radius 2 is 1.42 bits per heavy atom. The van der Waals surface area contributed by atoms with Crippen molar-refractivity contribution >= 4 is 23.1 Å². The quantitative estimate of drug-likeness (QED) is 0.414. The van der Waals surface area contributed by atoms with Crippen molar-refractivity contribution in [2.45, 2.75) is 46.2 Å². The van der Waals surface area contributed by atoms with Gasteiger partial charge in [-0.3, -0.25) is 0 Å². The Labute approximate surface area is 181 Å². The van der Waals surface area contributed by atoms with E-state index >= 15 is 0 Å². The molecule has 0 saturated carbocycles. The fourth-order valence-corrected chi connectivity index (χ4v) is 3.16. The first-order valence-corrected chi connectivity index (χ1v) is 10.3. The van der Waals surface area contributed by atoms with Crippen LogP contribution in [0.5, 0.6) is 0 Å². The minimum Gasteiger partial charge on any atom is -0.340 e. The molecular weight excluding hydrogens is 401 g/mol. The second-order valence-corrected chi connectivity index (χ2v) is 8.28. The van der Waals surface area contributed by atoms with Crippen LogP contribution in [0.25, 0.3) is 0 Å². The molecule has 7 heteroatoms. The molecule has 2 aromatic carbocycles. The molecule has 0 bridgehead atoms. The number of anilines is 4. The highest BCUT2D eigenvalue weighted by Crippen LogP contribution is 2.35. The van der Waals surface area contributed by atoms with Gasteiger partial charge < -0.3 is 10.6 Å². The summed E-state index contributed by atoms with van der Waals surface area (Å²) in [5, 5.41) is 5.77. The van der Waals surface area contributed by atoms with Crippen molar-refractivity contribution in [3.05, 3.63) is 71.4 Å². The van der Waals surface area contributed by atoms with Crippen LogP contribution in [0.1, 0.15) is 50.3 Å². The highest BCUT2D eigenvalue weighted by atomic mass is 19.4. The second kappa shape index (κ2) is 9.37. The summed E-state index contributed by atoms with van der Waals surface area (Å²) >= 11 is 0. The maximum absolute atomic E-state index is 13.5. The SMILES string of the molecule is CC(C)Cc1ccc(Nc2ncc(C(F)(F)F)c(Nc3ccc(C(C)C)cc3)n2)cc1. The predicted octanol–water partition coefficient (Wildman–Crippen LogP) is 7.30. The number of hydrogen-bond donors (Lipinski definition) is 2. The molecule has 0 saturated heterocycles. The van der Waals surface area contributed by atoms with Gasteiger partial charge in [0.1, 0.15) is 11.4 Å². The first kappa shape index (κ1) is 22.6. The van der Waals surface area contributed by atoms with Gasteiger partial charge in [0.05, 0.1) is 0 Å². The third kappa shape index (κ3) is 6.20. The average Bonchev–Trinajstić information content (AvgIpc) is 2.69. The smallest absolute Gasteiger partial charge is 0.340 e. The van der Waals surface area contributed by atoms with Gasteiger partial charge in [-0.1, -0.05) is 52.0 Å². The van der Waals surface area contributed by atoms with E-state index in [1.165, 1.54) is 5.56 Å². The second-order valence-electron chi connectivity index (χ2n) is 8.28. The van der Waals surface area contributed by atoms with Gasteiger partial charge in [0.2, 0.25) is 5.95 Å². The van der Waals surface area contributed by atoms with Gasteiger partial charge in [0.15, 0.2) is 0 Å². The van der Waals surface area contributed by atoms with Crippen LogP contribution in [-0.2, 0) is 12.6 Å². The van der Waals surface area contributed by atoms with Crippen LogP contribution in [0.4, 0.5) is 36.3 Å². The third-order valence-electron chi connectivity index (χ3n) is 4.79. The summed E-state index contributed by atoms with van der Waals surface area (Å²) in [5.41, 5.74) is 2.61. The molecule has 31 heavy (non-hydrogen) atoms. The van der Waals surface area contributed by atoms with Crippen molar-refractivity contribution in [2.24, 2.45) is 5.92 Å². The van der Waals surface area contributed by atoms with Crippen molar-refractivity contribution in [3.8, 4) is 0 Å². The van der Waals surface area contributed by atoms with E-state index in [0.29, 0.717) is 23.2 Å². The lowest BCUT2D eigenvalue weighted by molar-refractivity contribution is -0.137. The predicted molar refractivity (Wildman–Crippen MR) is 119 cm³/mol. The van der Waals surface area contributed by atoms with Gasteiger partial charge in [0, 0.05) is 17.6 Å². The Balaban J connectivity index is 1.84. The molecule has 3 rings (SSSR count). The minimum absolute atomic E-state index is 0.0888. The van der Waals surface area contributed by atoms with Crippen molar-refractivity contribution in [3.63, 3.8) is 0 Å². The molecule has 0 radical (unpaired) electrons. The fourth-order valence-electron chi connectivity index (χ4n) is 3.16. The van der Waals surface area contributed by atoms with E-state index in [1.807, 2.05) is 36.4 Å². The number of aromatic nitrogens is 2. The standard InChI is InChI=1S/C24H27F3N4/c1-15(2)13-17-5-9-20(10-6-17)30-23-28-14-21(24(25,26)27)22(31-23)29-19-11-7-18(8-12-19)16(3)4/h5-12,14-16H,13H2,1-4H3,(H2,28,29,30,31). The Bertz CT molecular complexity index is 995. The van der Waals surface area contributed by atoms with Crippen LogP contribution in [0.15, 0.2) is 54.7 Å². The topological polar surface area (TPSA) is 49.8 Å². The van der Waals surface area contributed by atoms with Gasteiger partial charge in [-0.15, -0.1) is 0 Å². The van der Waals surface area contributed by atoms with E-state index in [2.05, 4.69) is 48.3 Å². The zero-order chi connectivity index (χ0) is 22.6. The minimum atomic E-state index is -4.57. The lowest BCUT2D eigenvalue weighted by atomic mass is 10.0. The molecule has 0 amide bonds. The molecule has 0 aliphatic rings. The fraction of sp³-hybridized carbons (Fsp3) is 0.333. The van der Waals surface area contributed by atoms with Crippen LogP contribution in [0.2, 0.25) is 0 Å². The lowest BCUT2D eigenvalue weighted by Gasteiger charge is -2.15. The van der Waals surface area contributed by atoms with Crippen molar-refractivity contribution in [2.75, 3.05) is 10.6 Å². The lowest BCUT2D eigenvalue weighted by Crippen LogP contribution is -2.12. The first-order valence-electron chi connectivity index (χ1n) is 10.3. The van der Waals surface area contributed by atoms with E-state index in [-0.39, 0.29) is 11.8 Å². The van der Waals surface area contributed by atoms with Crippen molar-refractivity contribution in [1.29, 1.82) is 0 Å². The van der Waals surface area contributed by atoms with Crippen LogP contribution in [0.3, 0.4) is 0 Å². The number of benzene rings is 2. The summed E-state index contributed by atoms with van der Waals surface area (Å²) < 4.78 is 40.5. The van der Waals surface area contributed by atoms with Crippen LogP contribution < -0.4 is 10.6 Å². The zero-order valence-electron chi connectivity index (χ0n) is 18.1. The molecule has 0 atom stereocenters. The normalized spacial score (nSPS) is 11.8. The van der Waals surface area contributed by atoms with E-state index in [1.54, 1.807) is 12.1 Å². The molecule has 3 aromatic rings. The summed E-state index contributed by atoms with van der Waals surface area (Å²) in [4.78, 5) is 7.97. The van der Waals surface area contributed by atoms with Crippen molar-refractivity contribution in [1.82, 2.24) is 9.97 Å². The number of nitrogens with one attached hydrogen (secondary N) is 2. The molecule has 2 N–H and O–H groups in total. The molecular formula is C24H27F3N4. The van der Waals surface area contributed by atoms with Gasteiger partial charge in [-0.25, -0.2) is 4.98 Å². The summed E-state index contributed by atoms with van der Waals surface area (Å²) in [6.45, 7) is 8.41. The highest BCUT2D eigenvalue weighted by Gasteiger charge is 2.35. The first-order chi connectivity index (χ1) is 14.6. The Morgan fingerprint density at radius 3 is 1.97 bits per heavy atom. The van der Waals surface area contributed by atoms with Crippen LogP contribution in [-0.4, -0.2) is 9.97 Å². The summed E-state index contributed by atoms with van der Waals surface area (Å²) in [6, 6.07) is 15.0. The van der Waals surface area contributed by atoms with E-state index in [9.17, 15) is 13.2 Å². The molecule has 164 valence electrons. The number of alkyl halides is 3. The molecule has 4 nitrogen and oxygen atoms in total. The van der Waals surface area contributed by atoms with E-state index in [4.69, 9.17) is 0 Å². The Morgan fingerprint density at radius 1 is 0.839 bits per heavy atom. The summed E-state index contributed by atoms with van der Waals surface area (Å²) in [6.07, 6.45) is -2.81. The monoisotopic (exact) mass is 428 g/mol. The van der Waals surface area contributed by atoms with Crippen molar-refractivity contribution < 1.29 is 13.2 Å². The molecule has 0 unspecified atom stereocenters. The molecule has 0 aliphatic heterocycles. The molecule has 1 aromatic heterocycles. The molecule has 0 fully saturated rings. The highest BCUT2D eigenvalue weighted by molar-refractivity contribution is 5.63. The van der Waals surface area contributed by atoms with Gasteiger partial charge in [-0.05, 0) is 53.6 Å². The Kier molecular flexibility index (Phi) is 6.83. The number of hydrogen-bond acceptors (Lipinski definition) is 4. The van der Waals surface area contributed by atoms with E-state index in [0.717, 1.165) is 18.2 Å². The van der Waals surface area contributed by atoms with Crippen LogP contribution in [0, 0.1) is 5.92 Å². The maximum Gasteiger partial charge on any atom is 0.421 e. The molecule has 0 aliphatic carbocycles. The van der Waals surface area contributed by atoms with Gasteiger partial charge in [-0.2, -0.15) is 18.2 Å². The van der Waals surface area contributed by atoms with Gasteiger partial charge >= 0.3 is 6.18 Å². The van der Waals surface area contributed by atoms with Crippen LogP contribution >= 0.6 is 0 Å². The molecule has 0 spiro atoms. The number of rotatable bonds is 7. The third-order valence-corrected chi connectivity index (χ3v) is 4.79. The number of halogens is 3.